The van der Waals surface area contributed by atoms with Gasteiger partial charge in [-0.25, -0.2) is 0 Å². The molecule has 0 radical (unpaired) electrons. The van der Waals surface area contributed by atoms with Crippen molar-refractivity contribution in [3.8, 4) is 16.9 Å². The Morgan fingerprint density at radius 1 is 0.938 bits per heavy atom. The molecule has 0 fully saturated rings. The monoisotopic (exact) mass is 213 g/mol. The number of phenolic OH excluding ortho intramolecular Hbond substituents is 1. The molecule has 2 aromatic carbocycles. The number of nitrogens with zero attached hydrogens (tertiary/aromatic N) is 1. The second-order valence-corrected chi connectivity index (χ2v) is 3.38. The maximum absolute atomic E-state index is 9.68. The normalized spacial score (nSPS) is 10.8. The summed E-state index contributed by atoms with van der Waals surface area (Å²) in [5.74, 6) is 0.0964. The van der Waals surface area contributed by atoms with Gasteiger partial charge in [0, 0.05) is 5.56 Å². The Bertz CT molecular complexity index is 507. The second-order valence-electron chi connectivity index (χ2n) is 3.38. The van der Waals surface area contributed by atoms with Crippen LogP contribution in [-0.4, -0.2) is 16.5 Å². The highest BCUT2D eigenvalue weighted by atomic mass is 16.4. The molecule has 2 aromatic rings. The maximum atomic E-state index is 9.68. The summed E-state index contributed by atoms with van der Waals surface area (Å²) in [4.78, 5) is 0. The lowest BCUT2D eigenvalue weighted by Gasteiger charge is -2.03. The minimum Gasteiger partial charge on any atom is -0.507 e. The van der Waals surface area contributed by atoms with Gasteiger partial charge in [-0.1, -0.05) is 41.6 Å². The Morgan fingerprint density at radius 2 is 1.69 bits per heavy atom. The number of aromatic hydroxyl groups is 1. The average Bonchev–Trinajstić information content (AvgIpc) is 2.33. The Morgan fingerprint density at radius 3 is 2.31 bits per heavy atom. The summed E-state index contributed by atoms with van der Waals surface area (Å²) in [6.45, 7) is 0. The molecule has 3 heteroatoms. The predicted molar refractivity (Wildman–Crippen MR) is 62.9 cm³/mol. The molecule has 0 unspecified atom stereocenters. The number of rotatable bonds is 2. The van der Waals surface area contributed by atoms with Crippen molar-refractivity contribution in [2.75, 3.05) is 0 Å². The van der Waals surface area contributed by atoms with E-state index in [0.29, 0.717) is 5.56 Å². The minimum atomic E-state index is 0.0964. The van der Waals surface area contributed by atoms with E-state index in [1.54, 1.807) is 12.1 Å². The highest BCUT2D eigenvalue weighted by Crippen LogP contribution is 2.25. The number of hydrogen-bond acceptors (Lipinski definition) is 3. The van der Waals surface area contributed by atoms with Gasteiger partial charge in [0.25, 0.3) is 0 Å². The van der Waals surface area contributed by atoms with E-state index in [4.69, 9.17) is 5.21 Å². The van der Waals surface area contributed by atoms with Crippen LogP contribution in [-0.2, 0) is 0 Å². The zero-order valence-electron chi connectivity index (χ0n) is 8.54. The van der Waals surface area contributed by atoms with Crippen LogP contribution in [0.25, 0.3) is 11.1 Å². The summed E-state index contributed by atoms with van der Waals surface area (Å²) in [6, 6.07) is 15.0. The van der Waals surface area contributed by atoms with Crippen molar-refractivity contribution < 1.29 is 10.3 Å². The molecule has 16 heavy (non-hydrogen) atoms. The first-order valence-electron chi connectivity index (χ1n) is 4.87. The summed E-state index contributed by atoms with van der Waals surface area (Å²) in [5.41, 5.74) is 2.45. The van der Waals surface area contributed by atoms with E-state index in [1.807, 2.05) is 36.4 Å². The maximum Gasteiger partial charge on any atom is 0.125 e. The van der Waals surface area contributed by atoms with Crippen molar-refractivity contribution in [2.24, 2.45) is 5.16 Å². The van der Waals surface area contributed by atoms with E-state index >= 15 is 0 Å². The largest absolute Gasteiger partial charge is 0.507 e. The summed E-state index contributed by atoms with van der Waals surface area (Å²) in [6.07, 6.45) is 1.20. The predicted octanol–water partition coefficient (Wildman–Crippen LogP) is 2.87. The molecule has 0 saturated carbocycles. The van der Waals surface area contributed by atoms with Crippen molar-refractivity contribution >= 4 is 6.21 Å². The summed E-state index contributed by atoms with van der Waals surface area (Å²) in [7, 11) is 0. The second kappa shape index (κ2) is 4.49. The first-order chi connectivity index (χ1) is 7.81. The smallest absolute Gasteiger partial charge is 0.125 e. The van der Waals surface area contributed by atoms with Crippen LogP contribution in [0.3, 0.4) is 0 Å². The van der Waals surface area contributed by atoms with Crippen LogP contribution >= 0.6 is 0 Å². The van der Waals surface area contributed by atoms with Gasteiger partial charge in [-0.2, -0.15) is 0 Å². The quantitative estimate of drug-likeness (QED) is 0.458. The Kier molecular flexibility index (Phi) is 2.87. The third-order valence-electron chi connectivity index (χ3n) is 2.33. The molecule has 0 spiro atoms. The third kappa shape index (κ3) is 2.03. The third-order valence-corrected chi connectivity index (χ3v) is 2.33. The fraction of sp³-hybridized carbons (Fsp3) is 0. The van der Waals surface area contributed by atoms with Crippen LogP contribution in [0.2, 0.25) is 0 Å². The van der Waals surface area contributed by atoms with E-state index in [9.17, 15) is 5.11 Å². The van der Waals surface area contributed by atoms with Gasteiger partial charge in [0.05, 0.1) is 6.21 Å². The van der Waals surface area contributed by atoms with Crippen LogP contribution in [0.1, 0.15) is 5.56 Å². The van der Waals surface area contributed by atoms with Gasteiger partial charge in [-0.3, -0.25) is 0 Å². The topological polar surface area (TPSA) is 52.8 Å². The standard InChI is InChI=1S/C13H11NO2/c15-13-8-11(6-7-12(13)9-14-16)10-4-2-1-3-5-10/h1-9,15-16H/b14-9+. The Labute approximate surface area is 93.3 Å². The first kappa shape index (κ1) is 10.2. The first-order valence-corrected chi connectivity index (χ1v) is 4.87. The van der Waals surface area contributed by atoms with Crippen molar-refractivity contribution in [3.05, 3.63) is 54.1 Å². The van der Waals surface area contributed by atoms with Crippen LogP contribution in [0.5, 0.6) is 5.75 Å². The summed E-state index contributed by atoms with van der Waals surface area (Å²) < 4.78 is 0. The summed E-state index contributed by atoms with van der Waals surface area (Å²) in [5, 5.41) is 21.0. The molecule has 0 saturated heterocycles. The average molecular weight is 213 g/mol. The molecule has 0 heterocycles. The Hall–Kier alpha value is -2.29. The van der Waals surface area contributed by atoms with Gasteiger partial charge in [-0.15, -0.1) is 0 Å². The van der Waals surface area contributed by atoms with Crippen LogP contribution in [0.15, 0.2) is 53.7 Å². The van der Waals surface area contributed by atoms with Crippen LogP contribution in [0.4, 0.5) is 0 Å². The van der Waals surface area contributed by atoms with E-state index in [2.05, 4.69) is 5.16 Å². The van der Waals surface area contributed by atoms with Crippen LogP contribution in [0, 0.1) is 0 Å². The molecule has 0 aromatic heterocycles. The molecular weight excluding hydrogens is 202 g/mol. The summed E-state index contributed by atoms with van der Waals surface area (Å²) >= 11 is 0. The van der Waals surface area contributed by atoms with Gasteiger partial charge in [0.1, 0.15) is 5.75 Å². The molecule has 80 valence electrons. The molecule has 0 atom stereocenters. The number of oxime groups is 1. The zero-order chi connectivity index (χ0) is 11.4. The highest BCUT2D eigenvalue weighted by molar-refractivity contribution is 5.84. The fourth-order valence-corrected chi connectivity index (χ4v) is 1.53. The number of hydrogen-bond donors (Lipinski definition) is 2. The lowest BCUT2D eigenvalue weighted by Crippen LogP contribution is -1.84. The van der Waals surface area contributed by atoms with Crippen molar-refractivity contribution in [2.45, 2.75) is 0 Å². The SMILES string of the molecule is O/N=C/c1ccc(-c2ccccc2)cc1O. The number of phenols is 1. The van der Waals surface area contributed by atoms with E-state index in [-0.39, 0.29) is 5.75 Å². The highest BCUT2D eigenvalue weighted by Gasteiger charge is 2.02. The lowest BCUT2D eigenvalue weighted by atomic mass is 10.0. The molecule has 2 rings (SSSR count). The van der Waals surface area contributed by atoms with E-state index < -0.39 is 0 Å². The molecule has 2 N–H and O–H groups in total. The minimum absolute atomic E-state index is 0.0964. The van der Waals surface area contributed by atoms with E-state index in [1.165, 1.54) is 6.21 Å². The van der Waals surface area contributed by atoms with Crippen molar-refractivity contribution in [1.82, 2.24) is 0 Å². The molecule has 0 aliphatic carbocycles. The molecule has 0 amide bonds. The van der Waals surface area contributed by atoms with Crippen molar-refractivity contribution in [1.29, 1.82) is 0 Å². The van der Waals surface area contributed by atoms with Crippen LogP contribution < -0.4 is 0 Å². The van der Waals surface area contributed by atoms with Gasteiger partial charge >= 0.3 is 0 Å². The molecule has 0 bridgehead atoms. The van der Waals surface area contributed by atoms with Gasteiger partial charge < -0.3 is 10.3 Å². The van der Waals surface area contributed by atoms with Gasteiger partial charge in [0.2, 0.25) is 0 Å². The molecular formula is C13H11NO2. The molecule has 0 aliphatic rings. The lowest BCUT2D eigenvalue weighted by molar-refractivity contribution is 0.321. The molecule has 3 nitrogen and oxygen atoms in total. The fourth-order valence-electron chi connectivity index (χ4n) is 1.53. The van der Waals surface area contributed by atoms with Crippen molar-refractivity contribution in [3.63, 3.8) is 0 Å². The van der Waals surface area contributed by atoms with Gasteiger partial charge in [-0.05, 0) is 23.3 Å². The number of benzene rings is 2. The van der Waals surface area contributed by atoms with E-state index in [0.717, 1.165) is 11.1 Å². The molecule has 0 aliphatic heterocycles. The Balaban J connectivity index is 2.42. The zero-order valence-corrected chi connectivity index (χ0v) is 8.54. The van der Waals surface area contributed by atoms with Gasteiger partial charge in [0.15, 0.2) is 0 Å².